The van der Waals surface area contributed by atoms with Gasteiger partial charge in [0.1, 0.15) is 11.3 Å². The van der Waals surface area contributed by atoms with Crippen molar-refractivity contribution in [3.8, 4) is 0 Å². The molecule has 144 valence electrons. The number of thiophene rings is 1. The van der Waals surface area contributed by atoms with Crippen LogP contribution in [-0.4, -0.2) is 0 Å². The zero-order chi connectivity index (χ0) is 18.6. The minimum Gasteiger partial charge on any atom is -0.447 e. The van der Waals surface area contributed by atoms with Crippen LogP contribution in [0.2, 0.25) is 0 Å². The second-order valence-corrected chi connectivity index (χ2v) is 10.8. The van der Waals surface area contributed by atoms with E-state index in [4.69, 9.17) is 4.42 Å². The first-order valence-corrected chi connectivity index (χ1v) is 11.9. The molecule has 1 aromatic carbocycles. The van der Waals surface area contributed by atoms with E-state index in [0.29, 0.717) is 6.04 Å². The molecule has 8 rings (SSSR count). The predicted octanol–water partition coefficient (Wildman–Crippen LogP) is 7.04. The maximum atomic E-state index is 6.77. The molecular weight excluding hydrogens is 362 g/mol. The molecule has 4 aliphatic carbocycles. The summed E-state index contributed by atoms with van der Waals surface area (Å²) in [6, 6.07) is 11.7. The lowest BCUT2D eigenvalue weighted by atomic mass is 9.48. The van der Waals surface area contributed by atoms with Gasteiger partial charge in [-0.05, 0) is 92.7 Å². The predicted molar refractivity (Wildman–Crippen MR) is 115 cm³/mol. The largest absolute Gasteiger partial charge is 0.447 e. The van der Waals surface area contributed by atoms with Crippen molar-refractivity contribution in [1.29, 1.82) is 0 Å². The van der Waals surface area contributed by atoms with Gasteiger partial charge in [0.15, 0.2) is 4.90 Å². The summed E-state index contributed by atoms with van der Waals surface area (Å²) in [5, 5.41) is 3.57. The molecule has 1 atom stereocenters. The van der Waals surface area contributed by atoms with Crippen LogP contribution in [0.4, 0.5) is 5.69 Å². The molecule has 3 heteroatoms. The normalized spacial score (nSPS) is 38.1. The van der Waals surface area contributed by atoms with Gasteiger partial charge in [-0.1, -0.05) is 18.2 Å². The Labute approximate surface area is 170 Å². The lowest BCUT2D eigenvalue weighted by molar-refractivity contribution is -0.0678. The van der Waals surface area contributed by atoms with Crippen molar-refractivity contribution in [3.63, 3.8) is 0 Å². The molecule has 0 radical (unpaired) electrons. The Morgan fingerprint density at radius 2 is 1.71 bits per heavy atom. The first-order valence-electron chi connectivity index (χ1n) is 11.0. The fraction of sp³-hybridized carbons (Fsp3) is 0.520. The molecule has 4 bridgehead atoms. The van der Waals surface area contributed by atoms with E-state index in [0.717, 1.165) is 28.6 Å². The number of aryl methyl sites for hydroxylation is 1. The Morgan fingerprint density at radius 3 is 2.43 bits per heavy atom. The highest BCUT2D eigenvalue weighted by atomic mass is 32.1. The molecule has 2 nitrogen and oxygen atoms in total. The van der Waals surface area contributed by atoms with Crippen LogP contribution in [0.5, 0.6) is 0 Å². The van der Waals surface area contributed by atoms with Crippen molar-refractivity contribution in [2.24, 2.45) is 23.7 Å². The molecule has 4 fully saturated rings. The van der Waals surface area contributed by atoms with Gasteiger partial charge in [-0.2, -0.15) is 0 Å². The Hall–Kier alpha value is -1.74. The summed E-state index contributed by atoms with van der Waals surface area (Å²) in [6.07, 6.45) is 7.08. The second kappa shape index (κ2) is 5.24. The third kappa shape index (κ3) is 1.72. The van der Waals surface area contributed by atoms with Crippen LogP contribution in [0.15, 0.2) is 40.1 Å². The zero-order valence-corrected chi connectivity index (χ0v) is 17.5. The molecule has 0 unspecified atom stereocenters. The van der Waals surface area contributed by atoms with Gasteiger partial charge in [-0.25, -0.2) is 0 Å². The fourth-order valence-electron chi connectivity index (χ4n) is 8.02. The maximum Gasteiger partial charge on any atom is 0.188 e. The zero-order valence-electron chi connectivity index (χ0n) is 16.7. The number of anilines is 1. The first kappa shape index (κ1) is 16.1. The van der Waals surface area contributed by atoms with Crippen LogP contribution >= 0.6 is 11.3 Å². The molecule has 0 saturated heterocycles. The first-order chi connectivity index (χ1) is 13.7. The third-order valence-corrected chi connectivity index (χ3v) is 9.47. The standard InChI is InChI=1S/C25H27NOS/c1-14-5-3-4-6-21(14)26-15(2)22-20-7-8-28-24(20)27-23(22)25(26)18-10-16-9-17(12-18)13-19(25)11-16/h3-8,15-19H,9-13H2,1-2H3/t15-,16?,17?,18?,19?,25?/m0/s1. The molecule has 0 N–H and O–H groups in total. The lowest BCUT2D eigenvalue weighted by Gasteiger charge is -2.63. The molecule has 2 aromatic heterocycles. The highest BCUT2D eigenvalue weighted by molar-refractivity contribution is 7.16. The maximum absolute atomic E-state index is 6.77. The van der Waals surface area contributed by atoms with E-state index in [-0.39, 0.29) is 5.54 Å². The number of furan rings is 1. The Bertz CT molecular complexity index is 1060. The summed E-state index contributed by atoms with van der Waals surface area (Å²) in [7, 11) is 0. The van der Waals surface area contributed by atoms with Crippen molar-refractivity contribution in [3.05, 3.63) is 52.6 Å². The number of fused-ring (bicyclic) bond motifs is 3. The van der Waals surface area contributed by atoms with E-state index in [9.17, 15) is 0 Å². The minimum atomic E-state index is 0.0764. The summed E-state index contributed by atoms with van der Waals surface area (Å²) >= 11 is 1.77. The smallest absolute Gasteiger partial charge is 0.188 e. The summed E-state index contributed by atoms with van der Waals surface area (Å²) in [6.45, 7) is 4.71. The molecule has 1 spiro atoms. The van der Waals surface area contributed by atoms with Crippen molar-refractivity contribution in [2.75, 3.05) is 4.90 Å². The van der Waals surface area contributed by atoms with Crippen LogP contribution < -0.4 is 4.90 Å². The fourth-order valence-corrected chi connectivity index (χ4v) is 8.79. The van der Waals surface area contributed by atoms with E-state index in [1.165, 1.54) is 60.1 Å². The molecule has 4 saturated carbocycles. The summed E-state index contributed by atoms with van der Waals surface area (Å²) in [5.41, 5.74) is 4.39. The number of para-hydroxylation sites is 1. The van der Waals surface area contributed by atoms with Gasteiger partial charge < -0.3 is 9.32 Å². The van der Waals surface area contributed by atoms with Gasteiger partial charge >= 0.3 is 0 Å². The summed E-state index contributed by atoms with van der Waals surface area (Å²) in [4.78, 5) is 3.98. The number of hydrogen-bond donors (Lipinski definition) is 0. The monoisotopic (exact) mass is 389 g/mol. The van der Waals surface area contributed by atoms with Gasteiger partial charge in [0, 0.05) is 16.6 Å². The minimum absolute atomic E-state index is 0.0764. The molecule has 3 heterocycles. The van der Waals surface area contributed by atoms with Gasteiger partial charge in [0.25, 0.3) is 0 Å². The van der Waals surface area contributed by atoms with Gasteiger partial charge in [-0.15, -0.1) is 11.3 Å². The molecule has 3 aromatic rings. The van der Waals surface area contributed by atoms with Crippen molar-refractivity contribution in [2.45, 2.75) is 57.5 Å². The Kier molecular flexibility index (Phi) is 3.01. The highest BCUT2D eigenvalue weighted by Crippen LogP contribution is 2.69. The van der Waals surface area contributed by atoms with Crippen LogP contribution in [0.1, 0.15) is 62.0 Å². The van der Waals surface area contributed by atoms with Crippen LogP contribution in [0.3, 0.4) is 0 Å². The molecule has 0 amide bonds. The van der Waals surface area contributed by atoms with Gasteiger partial charge in [0.05, 0.1) is 6.04 Å². The molecule has 28 heavy (non-hydrogen) atoms. The quantitative estimate of drug-likeness (QED) is 0.444. The van der Waals surface area contributed by atoms with E-state index >= 15 is 0 Å². The van der Waals surface area contributed by atoms with Crippen LogP contribution in [0.25, 0.3) is 10.3 Å². The van der Waals surface area contributed by atoms with Crippen molar-refractivity contribution >= 4 is 27.3 Å². The number of hydrogen-bond acceptors (Lipinski definition) is 3. The van der Waals surface area contributed by atoms with Crippen molar-refractivity contribution < 1.29 is 4.42 Å². The van der Waals surface area contributed by atoms with Crippen LogP contribution in [-0.2, 0) is 5.54 Å². The van der Waals surface area contributed by atoms with Gasteiger partial charge in [0.2, 0.25) is 0 Å². The summed E-state index contributed by atoms with van der Waals surface area (Å²) < 4.78 is 6.77. The number of rotatable bonds is 1. The average molecular weight is 390 g/mol. The van der Waals surface area contributed by atoms with E-state index in [2.05, 4.69) is 54.5 Å². The Balaban J connectivity index is 1.54. The number of benzene rings is 1. The van der Waals surface area contributed by atoms with Crippen LogP contribution in [0, 0.1) is 30.6 Å². The molecular formula is C25H27NOS. The second-order valence-electron chi connectivity index (χ2n) is 9.93. The SMILES string of the molecule is Cc1ccccc1N1[C@@H](C)c2c(oc3sccc23)C12C1CC3CC(C1)CC2C3. The van der Waals surface area contributed by atoms with Gasteiger partial charge in [-0.3, -0.25) is 0 Å². The van der Waals surface area contributed by atoms with Crippen molar-refractivity contribution in [1.82, 2.24) is 0 Å². The Morgan fingerprint density at radius 1 is 1.00 bits per heavy atom. The van der Waals surface area contributed by atoms with E-state index < -0.39 is 0 Å². The summed E-state index contributed by atoms with van der Waals surface area (Å²) in [5.74, 6) is 4.75. The molecule has 5 aliphatic rings. The van der Waals surface area contributed by atoms with E-state index in [1.807, 2.05) is 0 Å². The number of nitrogens with zero attached hydrogens (tertiary/aromatic N) is 1. The highest BCUT2D eigenvalue weighted by Gasteiger charge is 2.66. The third-order valence-electron chi connectivity index (χ3n) is 8.68. The lowest BCUT2D eigenvalue weighted by Crippen LogP contribution is -2.62. The van der Waals surface area contributed by atoms with E-state index in [1.54, 1.807) is 11.3 Å². The molecule has 1 aliphatic heterocycles. The average Bonchev–Trinajstić information content (AvgIpc) is 3.31. The topological polar surface area (TPSA) is 16.4 Å².